The van der Waals surface area contributed by atoms with Crippen LogP contribution in [0.1, 0.15) is 32.1 Å². The maximum Gasteiger partial charge on any atom is 0.243 e. The van der Waals surface area contributed by atoms with Crippen LogP contribution in [-0.2, 0) is 11.3 Å². The Bertz CT molecular complexity index is 1290. The molecule has 0 atom stereocenters. The summed E-state index contributed by atoms with van der Waals surface area (Å²) in [6, 6.07) is 13.2. The number of hydrogen-bond acceptors (Lipinski definition) is 5. The van der Waals surface area contributed by atoms with E-state index in [-0.39, 0.29) is 23.9 Å². The van der Waals surface area contributed by atoms with Gasteiger partial charge in [0, 0.05) is 33.7 Å². The van der Waals surface area contributed by atoms with Gasteiger partial charge in [0.05, 0.1) is 16.8 Å². The van der Waals surface area contributed by atoms with Gasteiger partial charge in [-0.3, -0.25) is 10.0 Å². The molecule has 0 radical (unpaired) electrons. The van der Waals surface area contributed by atoms with E-state index in [1.54, 1.807) is 5.48 Å². The molecule has 166 valence electrons. The number of H-pyrrole nitrogens is 1. The number of fused-ring (bicyclic) bond motifs is 2. The van der Waals surface area contributed by atoms with Crippen LogP contribution in [0.15, 0.2) is 52.1 Å². The number of aromatic amines is 1. The first-order chi connectivity index (χ1) is 15.5. The van der Waals surface area contributed by atoms with Gasteiger partial charge in [0.15, 0.2) is 0 Å². The molecule has 0 bridgehead atoms. The van der Waals surface area contributed by atoms with Crippen LogP contribution >= 0.6 is 15.9 Å². The quantitative estimate of drug-likeness (QED) is 0.0961. The molecule has 0 fully saturated rings. The molecule has 0 aliphatic carbocycles. The number of rotatable bonds is 9. The lowest BCUT2D eigenvalue weighted by Gasteiger charge is -2.07. The van der Waals surface area contributed by atoms with Gasteiger partial charge in [-0.2, -0.15) is 0 Å². The van der Waals surface area contributed by atoms with Gasteiger partial charge < -0.3 is 14.7 Å². The van der Waals surface area contributed by atoms with Gasteiger partial charge in [-0.15, -0.1) is 4.91 Å². The van der Waals surface area contributed by atoms with Crippen molar-refractivity contribution in [3.63, 3.8) is 0 Å². The molecule has 0 unspecified atom stereocenters. The maximum absolute atomic E-state index is 11.7. The highest BCUT2D eigenvalue weighted by Crippen LogP contribution is 2.46. The van der Waals surface area contributed by atoms with Crippen LogP contribution in [0.4, 0.5) is 5.69 Å². The molecular weight excluding hydrogens is 476 g/mol. The number of nitrogens with one attached hydrogen (secondary N) is 2. The van der Waals surface area contributed by atoms with Crippen LogP contribution < -0.4 is 5.48 Å². The van der Waals surface area contributed by atoms with Crippen LogP contribution in [0.3, 0.4) is 0 Å². The molecule has 0 aliphatic rings. The topological polar surface area (TPSA) is 120 Å². The van der Waals surface area contributed by atoms with Crippen molar-refractivity contribution in [1.29, 1.82) is 0 Å². The van der Waals surface area contributed by atoms with Crippen LogP contribution in [0.2, 0.25) is 0 Å². The molecule has 0 spiro atoms. The Hall–Kier alpha value is -3.17. The van der Waals surface area contributed by atoms with E-state index in [1.165, 1.54) is 0 Å². The summed E-state index contributed by atoms with van der Waals surface area (Å²) < 4.78 is 2.71. The Morgan fingerprint density at radius 2 is 1.88 bits per heavy atom. The number of hydroxylamine groups is 1. The van der Waals surface area contributed by atoms with Gasteiger partial charge in [0.25, 0.3) is 0 Å². The van der Waals surface area contributed by atoms with Gasteiger partial charge in [-0.1, -0.05) is 47.0 Å². The second-order valence-corrected chi connectivity index (χ2v) is 8.61. The Kier molecular flexibility index (Phi) is 6.57. The summed E-state index contributed by atoms with van der Waals surface area (Å²) in [6.45, 7) is 0.584. The molecule has 2 heterocycles. The summed E-state index contributed by atoms with van der Waals surface area (Å²) in [5, 5.41) is 24.6. The fourth-order valence-corrected chi connectivity index (χ4v) is 4.52. The number of benzene rings is 2. The minimum absolute atomic E-state index is 0.0780. The number of aryl methyl sites for hydroxylation is 1. The monoisotopic (exact) mass is 498 g/mol. The van der Waals surface area contributed by atoms with E-state index >= 15 is 0 Å². The van der Waals surface area contributed by atoms with Gasteiger partial charge in [-0.25, -0.2) is 5.48 Å². The van der Waals surface area contributed by atoms with E-state index in [0.717, 1.165) is 40.2 Å². The van der Waals surface area contributed by atoms with Crippen molar-refractivity contribution in [3.8, 4) is 17.1 Å². The smallest absolute Gasteiger partial charge is 0.243 e. The highest BCUT2D eigenvalue weighted by Gasteiger charge is 2.24. The van der Waals surface area contributed by atoms with Crippen molar-refractivity contribution in [2.24, 2.45) is 5.18 Å². The predicted octanol–water partition coefficient (Wildman–Crippen LogP) is 6.11. The summed E-state index contributed by atoms with van der Waals surface area (Å²) in [7, 11) is 0. The fourth-order valence-electron chi connectivity index (χ4n) is 4.15. The average Bonchev–Trinajstić information content (AvgIpc) is 3.29. The first kappa shape index (κ1) is 22.0. The number of aromatic nitrogens is 2. The number of unbranched alkanes of at least 4 members (excludes halogenated alkanes) is 3. The SMILES string of the molecule is O=Nc1c(-c2c(O)n(CCCCCCC(=O)NO)c3ccc(Br)cc23)[nH]c2ccccc12. The zero-order valence-corrected chi connectivity index (χ0v) is 18.9. The molecule has 4 aromatic rings. The van der Waals surface area contributed by atoms with Gasteiger partial charge >= 0.3 is 0 Å². The van der Waals surface area contributed by atoms with Crippen molar-refractivity contribution in [2.45, 2.75) is 38.6 Å². The van der Waals surface area contributed by atoms with E-state index in [2.05, 4.69) is 26.1 Å². The minimum Gasteiger partial charge on any atom is -0.494 e. The molecule has 4 N–H and O–H groups in total. The van der Waals surface area contributed by atoms with Crippen molar-refractivity contribution in [3.05, 3.63) is 51.8 Å². The summed E-state index contributed by atoms with van der Waals surface area (Å²) in [5.41, 5.74) is 4.59. The van der Waals surface area contributed by atoms with Gasteiger partial charge in [0.2, 0.25) is 11.8 Å². The van der Waals surface area contributed by atoms with E-state index < -0.39 is 0 Å². The Morgan fingerprint density at radius 1 is 1.09 bits per heavy atom. The van der Waals surface area contributed by atoms with Crippen molar-refractivity contribution >= 4 is 49.3 Å². The summed E-state index contributed by atoms with van der Waals surface area (Å²) in [4.78, 5) is 26.1. The molecule has 32 heavy (non-hydrogen) atoms. The van der Waals surface area contributed by atoms with Crippen molar-refractivity contribution in [2.75, 3.05) is 0 Å². The molecule has 4 rings (SSSR count). The number of para-hydroxylation sites is 1. The van der Waals surface area contributed by atoms with Crippen LogP contribution in [-0.4, -0.2) is 25.8 Å². The maximum atomic E-state index is 11.7. The Labute approximate surface area is 192 Å². The molecule has 8 nitrogen and oxygen atoms in total. The second kappa shape index (κ2) is 9.54. The lowest BCUT2D eigenvalue weighted by molar-refractivity contribution is -0.129. The molecule has 0 saturated heterocycles. The molecular formula is C23H23BrN4O4. The van der Waals surface area contributed by atoms with Crippen LogP contribution in [0, 0.1) is 4.91 Å². The van der Waals surface area contributed by atoms with E-state index in [4.69, 9.17) is 5.21 Å². The highest BCUT2D eigenvalue weighted by atomic mass is 79.9. The molecule has 9 heteroatoms. The molecule has 0 aliphatic heterocycles. The van der Waals surface area contributed by atoms with Crippen LogP contribution in [0.5, 0.6) is 5.88 Å². The second-order valence-electron chi connectivity index (χ2n) is 7.70. The lowest BCUT2D eigenvalue weighted by atomic mass is 10.1. The summed E-state index contributed by atoms with van der Waals surface area (Å²) in [5.74, 6) is -0.304. The Morgan fingerprint density at radius 3 is 2.66 bits per heavy atom. The third kappa shape index (κ3) is 4.13. The third-order valence-electron chi connectivity index (χ3n) is 5.68. The van der Waals surface area contributed by atoms with Crippen LogP contribution in [0.25, 0.3) is 33.1 Å². The first-order valence-corrected chi connectivity index (χ1v) is 11.2. The molecule has 1 amide bonds. The number of nitrogens with zero attached hydrogens (tertiary/aromatic N) is 2. The number of aromatic hydroxyl groups is 1. The normalized spacial score (nSPS) is 11.3. The highest BCUT2D eigenvalue weighted by molar-refractivity contribution is 9.10. The largest absolute Gasteiger partial charge is 0.494 e. The number of nitroso groups, excluding NO2 is 1. The zero-order valence-electron chi connectivity index (χ0n) is 17.3. The lowest BCUT2D eigenvalue weighted by Crippen LogP contribution is -2.17. The van der Waals surface area contributed by atoms with Gasteiger partial charge in [0.1, 0.15) is 5.69 Å². The number of halogens is 1. The molecule has 2 aromatic heterocycles. The molecule has 0 saturated carbocycles. The zero-order chi connectivity index (χ0) is 22.7. The summed E-state index contributed by atoms with van der Waals surface area (Å²) in [6.07, 6.45) is 3.49. The number of carbonyl (C=O) groups is 1. The van der Waals surface area contributed by atoms with E-state index in [0.29, 0.717) is 29.6 Å². The number of carbonyl (C=O) groups excluding carboxylic acids is 1. The number of amides is 1. The van der Waals surface area contributed by atoms with E-state index in [1.807, 2.05) is 47.0 Å². The van der Waals surface area contributed by atoms with Gasteiger partial charge in [-0.05, 0) is 42.3 Å². The first-order valence-electron chi connectivity index (χ1n) is 10.4. The van der Waals surface area contributed by atoms with Crippen molar-refractivity contribution < 1.29 is 15.1 Å². The van der Waals surface area contributed by atoms with Crippen molar-refractivity contribution in [1.82, 2.24) is 15.0 Å². The third-order valence-corrected chi connectivity index (χ3v) is 6.17. The predicted molar refractivity (Wildman–Crippen MR) is 127 cm³/mol. The standard InChI is InChI=1S/C23H23BrN4O4/c24-14-10-11-18-16(13-14)20(22-21(27-32)15-7-4-5-8-17(15)25-22)23(30)28(18)12-6-2-1-3-9-19(29)26-31/h4-5,7-8,10-11,13,25,30-31H,1-3,6,9,12H2,(H,26,29). The summed E-state index contributed by atoms with van der Waals surface area (Å²) >= 11 is 3.51. The average molecular weight is 499 g/mol. The number of hydrogen-bond donors (Lipinski definition) is 4. The van der Waals surface area contributed by atoms with E-state index in [9.17, 15) is 14.8 Å². The minimum atomic E-state index is -0.382. The molecule has 2 aromatic carbocycles. The fraction of sp³-hybridized carbons (Fsp3) is 0.261. The Balaban J connectivity index is 1.68.